The van der Waals surface area contributed by atoms with Gasteiger partial charge in [-0.15, -0.1) is 0 Å². The Morgan fingerprint density at radius 2 is 2.10 bits per heavy atom. The number of fused-ring (bicyclic) bond motifs is 1. The van der Waals surface area contributed by atoms with E-state index >= 15 is 0 Å². The largest absolute Gasteiger partial charge is 0.394 e. The van der Waals surface area contributed by atoms with Gasteiger partial charge in [-0.25, -0.2) is 20.4 Å². The van der Waals surface area contributed by atoms with E-state index in [1.165, 1.54) is 11.1 Å². The lowest BCUT2D eigenvalue weighted by atomic mass is 10.0. The number of aliphatic imine (C=N–C) groups is 1. The van der Waals surface area contributed by atoms with E-state index in [4.69, 9.17) is 17.0 Å². The Hall–Kier alpha value is -4.46. The topological polar surface area (TPSA) is 172 Å². The predicted octanol–water partition coefficient (Wildman–Crippen LogP) is 1.47. The SMILES string of the molecule is CNN/C(C=N)=N\c1ncc(Cl)c(-c2ccc3c(c2)C(=O)N(CC(=O)NC(CO)c2ccnc(N(C)C)c2)C3)n1. The maximum Gasteiger partial charge on any atom is 0.254 e. The summed E-state index contributed by atoms with van der Waals surface area (Å²) in [5, 5.41) is 20.4. The molecule has 1 aromatic carbocycles. The average Bonchev–Trinajstić information content (AvgIpc) is 3.26. The molecule has 0 radical (unpaired) electrons. The van der Waals surface area contributed by atoms with Crippen molar-refractivity contribution in [3.8, 4) is 11.3 Å². The molecule has 1 atom stereocenters. The van der Waals surface area contributed by atoms with E-state index in [1.54, 1.807) is 43.6 Å². The molecular formula is C26H29ClN10O3. The molecule has 3 aromatic rings. The molecule has 14 heteroatoms. The Morgan fingerprint density at radius 1 is 1.30 bits per heavy atom. The van der Waals surface area contributed by atoms with Crippen LogP contribution < -0.4 is 21.1 Å². The number of hydrazine groups is 1. The lowest BCUT2D eigenvalue weighted by Crippen LogP contribution is -2.40. The molecule has 0 saturated carbocycles. The third-order valence-electron chi connectivity index (χ3n) is 6.09. The van der Waals surface area contributed by atoms with Crippen molar-refractivity contribution in [3.05, 3.63) is 64.4 Å². The zero-order chi connectivity index (χ0) is 28.8. The van der Waals surface area contributed by atoms with Crippen molar-refractivity contribution in [2.24, 2.45) is 4.99 Å². The minimum absolute atomic E-state index is 0.0797. The molecule has 0 spiro atoms. The summed E-state index contributed by atoms with van der Waals surface area (Å²) < 4.78 is 0. The first-order chi connectivity index (χ1) is 19.2. The van der Waals surface area contributed by atoms with Crippen LogP contribution in [0.3, 0.4) is 0 Å². The molecule has 1 aliphatic rings. The monoisotopic (exact) mass is 564 g/mol. The molecular weight excluding hydrogens is 536 g/mol. The number of rotatable bonds is 10. The summed E-state index contributed by atoms with van der Waals surface area (Å²) in [4.78, 5) is 46.3. The van der Waals surface area contributed by atoms with Gasteiger partial charge in [0.2, 0.25) is 5.91 Å². The van der Waals surface area contributed by atoms with E-state index in [1.807, 2.05) is 19.0 Å². The van der Waals surface area contributed by atoms with Crippen LogP contribution in [0.25, 0.3) is 11.3 Å². The van der Waals surface area contributed by atoms with Gasteiger partial charge < -0.3 is 31.1 Å². The van der Waals surface area contributed by atoms with Crippen LogP contribution in [0.2, 0.25) is 5.02 Å². The highest BCUT2D eigenvalue weighted by molar-refractivity contribution is 6.33. The van der Waals surface area contributed by atoms with E-state index in [9.17, 15) is 14.7 Å². The van der Waals surface area contributed by atoms with Crippen LogP contribution in [0.15, 0.2) is 47.7 Å². The maximum absolute atomic E-state index is 13.2. The molecule has 4 rings (SSSR count). The van der Waals surface area contributed by atoms with Crippen molar-refractivity contribution in [2.75, 3.05) is 39.2 Å². The average molecular weight is 565 g/mol. The summed E-state index contributed by atoms with van der Waals surface area (Å²) in [5.41, 5.74) is 8.21. The van der Waals surface area contributed by atoms with Gasteiger partial charge in [0.1, 0.15) is 12.4 Å². The quantitative estimate of drug-likeness (QED) is 0.139. The number of pyridine rings is 1. The highest BCUT2D eigenvalue weighted by atomic mass is 35.5. The van der Waals surface area contributed by atoms with E-state index < -0.39 is 11.9 Å². The number of benzene rings is 1. The molecule has 5 N–H and O–H groups in total. The summed E-state index contributed by atoms with van der Waals surface area (Å²) in [5.74, 6) is 0.260. The number of aliphatic hydroxyl groups excluding tert-OH is 1. The van der Waals surface area contributed by atoms with E-state index in [2.05, 4.69) is 36.1 Å². The van der Waals surface area contributed by atoms with E-state index in [0.29, 0.717) is 28.2 Å². The normalized spacial score (nSPS) is 13.6. The van der Waals surface area contributed by atoms with Gasteiger partial charge in [-0.1, -0.05) is 23.7 Å². The van der Waals surface area contributed by atoms with Crippen LogP contribution in [-0.4, -0.2) is 83.1 Å². The molecule has 2 aromatic heterocycles. The van der Waals surface area contributed by atoms with Crippen LogP contribution in [0.5, 0.6) is 0 Å². The van der Waals surface area contributed by atoms with Crippen LogP contribution in [0.1, 0.15) is 27.5 Å². The van der Waals surface area contributed by atoms with Crippen LogP contribution in [0.4, 0.5) is 11.8 Å². The summed E-state index contributed by atoms with van der Waals surface area (Å²) >= 11 is 6.37. The summed E-state index contributed by atoms with van der Waals surface area (Å²) in [6, 6.07) is 8.13. The standard InChI is InChI=1S/C26H29ClN10O3/c1-29-35-21(10-28)33-26-31-11-19(27)24(34-26)16-4-5-17-12-37(25(40)18(17)8-16)13-23(39)32-20(14-38)15-6-7-30-22(9-15)36(2)3/h4-11,20,28-29,38H,12-14H2,1-3H3,(H,32,39)(H,31,33,34,35). The summed E-state index contributed by atoms with van der Waals surface area (Å²) in [6.07, 6.45) is 4.02. The molecule has 1 aliphatic heterocycles. The number of nitrogens with one attached hydrogen (secondary N) is 4. The minimum Gasteiger partial charge on any atom is -0.394 e. The van der Waals surface area contributed by atoms with Gasteiger partial charge in [0.25, 0.3) is 11.9 Å². The Bertz CT molecular complexity index is 1460. The second-order valence-corrected chi connectivity index (χ2v) is 9.47. The van der Waals surface area contributed by atoms with Gasteiger partial charge in [-0.3, -0.25) is 9.59 Å². The molecule has 3 heterocycles. The lowest BCUT2D eigenvalue weighted by Gasteiger charge is -2.21. The smallest absolute Gasteiger partial charge is 0.254 e. The fraction of sp³-hybridized carbons (Fsp3) is 0.269. The van der Waals surface area contributed by atoms with Crippen LogP contribution in [-0.2, 0) is 11.3 Å². The van der Waals surface area contributed by atoms with Crippen molar-refractivity contribution >= 4 is 47.2 Å². The number of nitrogens with zero attached hydrogens (tertiary/aromatic N) is 6. The number of halogens is 1. The minimum atomic E-state index is -0.644. The van der Waals surface area contributed by atoms with E-state index in [-0.39, 0.29) is 42.4 Å². The number of amides is 2. The zero-order valence-corrected chi connectivity index (χ0v) is 22.9. The van der Waals surface area contributed by atoms with Crippen molar-refractivity contribution in [1.82, 2.24) is 36.0 Å². The fourth-order valence-corrected chi connectivity index (χ4v) is 4.33. The van der Waals surface area contributed by atoms with Crippen LogP contribution >= 0.6 is 11.6 Å². The molecule has 2 amide bonds. The molecule has 1 unspecified atom stereocenters. The number of hydrogen-bond acceptors (Lipinski definition) is 10. The molecule has 208 valence electrons. The Kier molecular flexibility index (Phi) is 8.99. The molecule has 13 nitrogen and oxygen atoms in total. The van der Waals surface area contributed by atoms with Gasteiger partial charge >= 0.3 is 0 Å². The third-order valence-corrected chi connectivity index (χ3v) is 6.36. The predicted molar refractivity (Wildman–Crippen MR) is 152 cm³/mol. The number of aliphatic hydroxyl groups is 1. The van der Waals surface area contributed by atoms with Crippen molar-refractivity contribution in [1.29, 1.82) is 5.41 Å². The summed E-state index contributed by atoms with van der Waals surface area (Å²) in [6.45, 7) is -0.224. The molecule has 0 fully saturated rings. The summed E-state index contributed by atoms with van der Waals surface area (Å²) in [7, 11) is 5.33. The lowest BCUT2D eigenvalue weighted by molar-refractivity contribution is -0.122. The Balaban J connectivity index is 1.49. The van der Waals surface area contributed by atoms with Gasteiger partial charge in [0.05, 0.1) is 35.8 Å². The first kappa shape index (κ1) is 28.5. The number of carbonyl (C=O) groups is 2. The number of amidine groups is 1. The van der Waals surface area contributed by atoms with Crippen molar-refractivity contribution in [2.45, 2.75) is 12.6 Å². The Morgan fingerprint density at radius 3 is 2.80 bits per heavy atom. The second-order valence-electron chi connectivity index (χ2n) is 9.06. The highest BCUT2D eigenvalue weighted by Gasteiger charge is 2.30. The number of aromatic nitrogens is 3. The van der Waals surface area contributed by atoms with Crippen molar-refractivity contribution in [3.63, 3.8) is 0 Å². The van der Waals surface area contributed by atoms with Crippen LogP contribution in [0, 0.1) is 5.41 Å². The maximum atomic E-state index is 13.2. The Labute approximate surface area is 235 Å². The first-order valence-corrected chi connectivity index (χ1v) is 12.6. The molecule has 0 aliphatic carbocycles. The molecule has 0 bridgehead atoms. The third kappa shape index (κ3) is 6.39. The number of anilines is 1. The second kappa shape index (κ2) is 12.6. The van der Waals surface area contributed by atoms with E-state index in [0.717, 1.165) is 11.8 Å². The van der Waals surface area contributed by atoms with Gasteiger partial charge in [0, 0.05) is 45.0 Å². The molecule has 0 saturated heterocycles. The first-order valence-electron chi connectivity index (χ1n) is 12.2. The molecule has 40 heavy (non-hydrogen) atoms. The van der Waals surface area contributed by atoms with Gasteiger partial charge in [-0.05, 0) is 29.3 Å². The van der Waals surface area contributed by atoms with Crippen molar-refractivity contribution < 1.29 is 14.7 Å². The number of hydrogen-bond donors (Lipinski definition) is 5. The number of carbonyl (C=O) groups excluding carboxylic acids is 2. The van der Waals surface area contributed by atoms with Gasteiger partial charge in [-0.2, -0.15) is 4.99 Å². The van der Waals surface area contributed by atoms with Gasteiger partial charge in [0.15, 0.2) is 5.84 Å². The highest BCUT2D eigenvalue weighted by Crippen LogP contribution is 2.31. The fourth-order valence-electron chi connectivity index (χ4n) is 4.13. The zero-order valence-electron chi connectivity index (χ0n) is 22.1.